The Morgan fingerprint density at radius 3 is 1.94 bits per heavy atom. The third-order valence-electron chi connectivity index (χ3n) is 8.75. The minimum absolute atomic E-state index is 0.00530. The van der Waals surface area contributed by atoms with Crippen LogP contribution in [0.15, 0.2) is 168 Å². The standard InChI is InChI=1S/C45H27N3O/c1-2-13-29(14-3-1)43-46-44(32-23-22-28-12-4-5-15-30(28)26-32)48-45(47-43)38-25-24-36(42-41(38)37-20-10-11-21-40(37)49-42)39-27-31-16-6-7-17-33(31)34-18-8-9-19-35(34)39/h1-27H/i1D,2D,3D,4D,5D,12D,13D,14D,15D,22D,23D. The molecule has 0 spiro atoms. The van der Waals surface area contributed by atoms with E-state index in [9.17, 15) is 0 Å². The summed E-state index contributed by atoms with van der Waals surface area (Å²) in [6.45, 7) is 0. The van der Waals surface area contributed by atoms with Crippen molar-refractivity contribution < 1.29 is 19.5 Å². The molecular formula is C45H27N3O. The molecule has 4 nitrogen and oxygen atoms in total. The van der Waals surface area contributed by atoms with Crippen molar-refractivity contribution in [3.05, 3.63) is 164 Å². The van der Waals surface area contributed by atoms with Crippen LogP contribution in [-0.4, -0.2) is 15.0 Å². The van der Waals surface area contributed by atoms with E-state index in [2.05, 4.69) is 35.3 Å². The molecular weight excluding hydrogens is 599 g/mol. The fourth-order valence-corrected chi connectivity index (χ4v) is 6.55. The van der Waals surface area contributed by atoms with Gasteiger partial charge in [-0.1, -0.05) is 133 Å². The van der Waals surface area contributed by atoms with Gasteiger partial charge in [0.15, 0.2) is 17.5 Å². The Bertz CT molecular complexity index is 3500. The highest BCUT2D eigenvalue weighted by molar-refractivity contribution is 6.20. The van der Waals surface area contributed by atoms with Gasteiger partial charge in [0.1, 0.15) is 11.2 Å². The summed E-state index contributed by atoms with van der Waals surface area (Å²) in [4.78, 5) is 14.2. The number of para-hydroxylation sites is 1. The third kappa shape index (κ3) is 4.49. The van der Waals surface area contributed by atoms with E-state index in [1.165, 1.54) is 6.07 Å². The fraction of sp³-hybridized carbons (Fsp3) is 0. The molecule has 0 bridgehead atoms. The molecule has 10 rings (SSSR count). The molecule has 0 saturated heterocycles. The summed E-state index contributed by atoms with van der Waals surface area (Å²) in [5, 5.41) is 5.33. The summed E-state index contributed by atoms with van der Waals surface area (Å²) < 4.78 is 101. The van der Waals surface area contributed by atoms with E-state index in [1.54, 1.807) is 0 Å². The smallest absolute Gasteiger partial charge is 0.164 e. The van der Waals surface area contributed by atoms with Gasteiger partial charge in [-0.3, -0.25) is 0 Å². The lowest BCUT2D eigenvalue weighted by atomic mass is 9.91. The monoisotopic (exact) mass is 636 g/mol. The van der Waals surface area contributed by atoms with Crippen LogP contribution in [0.5, 0.6) is 0 Å². The van der Waals surface area contributed by atoms with Crippen molar-refractivity contribution >= 4 is 54.3 Å². The quantitative estimate of drug-likeness (QED) is 0.180. The van der Waals surface area contributed by atoms with Crippen LogP contribution in [0.4, 0.5) is 0 Å². The van der Waals surface area contributed by atoms with Crippen LogP contribution in [0.1, 0.15) is 15.1 Å². The van der Waals surface area contributed by atoms with Crippen LogP contribution in [0, 0.1) is 0 Å². The van der Waals surface area contributed by atoms with Gasteiger partial charge in [-0.2, -0.15) is 0 Å². The van der Waals surface area contributed by atoms with E-state index in [-0.39, 0.29) is 39.4 Å². The summed E-state index contributed by atoms with van der Waals surface area (Å²) in [6, 6.07) is 25.0. The van der Waals surface area contributed by atoms with Gasteiger partial charge in [-0.05, 0) is 68.2 Å². The Kier molecular flexibility index (Phi) is 4.17. The lowest BCUT2D eigenvalue weighted by Gasteiger charge is -2.13. The number of hydrogen-bond acceptors (Lipinski definition) is 4. The van der Waals surface area contributed by atoms with Crippen LogP contribution >= 0.6 is 0 Å². The first-order valence-electron chi connectivity index (χ1n) is 21.0. The van der Waals surface area contributed by atoms with Crippen LogP contribution in [-0.2, 0) is 0 Å². The van der Waals surface area contributed by atoms with E-state index in [4.69, 9.17) is 29.5 Å². The Morgan fingerprint density at radius 1 is 0.429 bits per heavy atom. The largest absolute Gasteiger partial charge is 0.455 e. The Morgan fingerprint density at radius 2 is 1.08 bits per heavy atom. The molecule has 2 heterocycles. The molecule has 0 saturated carbocycles. The third-order valence-corrected chi connectivity index (χ3v) is 8.75. The maximum absolute atomic E-state index is 9.08. The maximum Gasteiger partial charge on any atom is 0.164 e. The number of benzene rings is 8. The molecule has 0 aliphatic rings. The van der Waals surface area contributed by atoms with Gasteiger partial charge in [0.2, 0.25) is 0 Å². The predicted octanol–water partition coefficient (Wildman–Crippen LogP) is 11.9. The predicted molar refractivity (Wildman–Crippen MR) is 201 cm³/mol. The average Bonchev–Trinajstić information content (AvgIpc) is 3.66. The van der Waals surface area contributed by atoms with Gasteiger partial charge < -0.3 is 4.42 Å². The van der Waals surface area contributed by atoms with E-state index in [0.29, 0.717) is 22.1 Å². The molecule has 49 heavy (non-hydrogen) atoms. The minimum Gasteiger partial charge on any atom is -0.455 e. The number of hydrogen-bond donors (Lipinski definition) is 0. The fourth-order valence-electron chi connectivity index (χ4n) is 6.55. The van der Waals surface area contributed by atoms with Crippen molar-refractivity contribution in [1.82, 2.24) is 15.0 Å². The number of rotatable bonds is 4. The highest BCUT2D eigenvalue weighted by Gasteiger charge is 2.22. The Hall–Kier alpha value is -6.65. The molecule has 10 aromatic rings. The molecule has 8 aromatic carbocycles. The molecule has 0 radical (unpaired) electrons. The SMILES string of the molecule is [2H]c1c([2H])c([2H])c(-c2nc(-c3cc4c([2H])c([2H])c([2H])c([2H])c4c([2H])c3[2H])nc(-c3ccc(-c4cc5ccccc5c5ccccc45)c4oc5ccccc5c34)n2)c([2H])c1[2H]. The summed E-state index contributed by atoms with van der Waals surface area (Å²) in [6.07, 6.45) is 0. The average molecular weight is 637 g/mol. The highest BCUT2D eigenvalue weighted by atomic mass is 16.3. The molecule has 2 aromatic heterocycles. The Balaban J connectivity index is 1.31. The van der Waals surface area contributed by atoms with E-state index >= 15 is 0 Å². The molecule has 0 atom stereocenters. The van der Waals surface area contributed by atoms with Gasteiger partial charge in [-0.15, -0.1) is 0 Å². The zero-order valence-corrected chi connectivity index (χ0v) is 25.5. The molecule has 228 valence electrons. The van der Waals surface area contributed by atoms with Crippen LogP contribution in [0.3, 0.4) is 0 Å². The molecule has 0 amide bonds. The zero-order valence-electron chi connectivity index (χ0n) is 36.5. The zero-order chi connectivity index (χ0) is 41.9. The van der Waals surface area contributed by atoms with Gasteiger partial charge in [0, 0.05) is 33.0 Å². The van der Waals surface area contributed by atoms with E-state index in [0.717, 1.165) is 38.1 Å². The summed E-state index contributed by atoms with van der Waals surface area (Å²) in [5.74, 6) is -0.534. The van der Waals surface area contributed by atoms with Crippen LogP contribution in [0.25, 0.3) is 99.5 Å². The van der Waals surface area contributed by atoms with E-state index < -0.39 is 66.5 Å². The molecule has 0 unspecified atom stereocenters. The second kappa shape index (κ2) is 11.0. The maximum atomic E-state index is 9.08. The number of nitrogens with zero attached hydrogens (tertiary/aromatic N) is 3. The van der Waals surface area contributed by atoms with Crippen molar-refractivity contribution in [3.63, 3.8) is 0 Å². The summed E-state index contributed by atoms with van der Waals surface area (Å²) >= 11 is 0. The number of furan rings is 1. The van der Waals surface area contributed by atoms with Crippen molar-refractivity contribution in [1.29, 1.82) is 0 Å². The molecule has 0 N–H and O–H groups in total. The van der Waals surface area contributed by atoms with Crippen LogP contribution in [0.2, 0.25) is 0 Å². The second-order valence-corrected chi connectivity index (χ2v) is 11.6. The van der Waals surface area contributed by atoms with Gasteiger partial charge in [-0.25, -0.2) is 15.0 Å². The molecule has 0 aliphatic carbocycles. The van der Waals surface area contributed by atoms with Gasteiger partial charge in [0.05, 0.1) is 15.1 Å². The molecule has 4 heteroatoms. The topological polar surface area (TPSA) is 51.8 Å². The van der Waals surface area contributed by atoms with Gasteiger partial charge in [0.25, 0.3) is 0 Å². The van der Waals surface area contributed by atoms with Crippen molar-refractivity contribution in [2.45, 2.75) is 0 Å². The normalized spacial score (nSPS) is 14.8. The van der Waals surface area contributed by atoms with Gasteiger partial charge >= 0.3 is 0 Å². The first kappa shape index (κ1) is 18.6. The number of fused-ring (bicyclic) bond motifs is 7. The Labute approximate surface area is 297 Å². The second-order valence-electron chi connectivity index (χ2n) is 11.6. The molecule has 0 fully saturated rings. The lowest BCUT2D eigenvalue weighted by Crippen LogP contribution is -2.00. The van der Waals surface area contributed by atoms with Crippen molar-refractivity contribution in [3.8, 4) is 45.3 Å². The molecule has 0 aliphatic heterocycles. The number of aromatic nitrogens is 3. The van der Waals surface area contributed by atoms with Crippen molar-refractivity contribution in [2.24, 2.45) is 0 Å². The van der Waals surface area contributed by atoms with E-state index in [1.807, 2.05) is 60.7 Å². The lowest BCUT2D eigenvalue weighted by molar-refractivity contribution is 0.670. The highest BCUT2D eigenvalue weighted by Crippen LogP contribution is 2.44. The van der Waals surface area contributed by atoms with Crippen LogP contribution < -0.4 is 0 Å². The first-order valence-corrected chi connectivity index (χ1v) is 15.5. The van der Waals surface area contributed by atoms with Crippen molar-refractivity contribution in [2.75, 3.05) is 0 Å². The summed E-state index contributed by atoms with van der Waals surface area (Å²) in [7, 11) is 0. The minimum atomic E-state index is -0.610. The summed E-state index contributed by atoms with van der Waals surface area (Å²) in [5.41, 5.74) is 2.79. The first-order chi connectivity index (χ1) is 28.8.